The van der Waals surface area contributed by atoms with Gasteiger partial charge in [0.15, 0.2) is 0 Å². The molecule has 2 aromatic heterocycles. The monoisotopic (exact) mass is 323 g/mol. The highest BCUT2D eigenvalue weighted by Crippen LogP contribution is 2.29. The van der Waals surface area contributed by atoms with Crippen LogP contribution in [0, 0.1) is 21.4 Å². The third kappa shape index (κ3) is 2.75. The van der Waals surface area contributed by atoms with E-state index in [9.17, 15) is 20.2 Å². The summed E-state index contributed by atoms with van der Waals surface area (Å²) in [5.41, 5.74) is 1.10. The van der Waals surface area contributed by atoms with Crippen molar-refractivity contribution in [3.8, 4) is 27.8 Å². The predicted octanol–water partition coefficient (Wildman–Crippen LogP) is 3.55. The Morgan fingerprint density at radius 1 is 1.22 bits per heavy atom. The van der Waals surface area contributed by atoms with Gasteiger partial charge in [-0.2, -0.15) is 5.26 Å². The van der Waals surface area contributed by atoms with Crippen molar-refractivity contribution >= 4 is 17.0 Å². The highest BCUT2D eigenvalue weighted by atomic mass is 32.1. The van der Waals surface area contributed by atoms with Crippen LogP contribution in [0.4, 0.5) is 5.69 Å². The fourth-order valence-electron chi connectivity index (χ4n) is 2.23. The molecule has 1 aromatic carbocycles. The number of nitro groups is 1. The largest absolute Gasteiger partial charge is 0.320 e. The fraction of sp³-hybridized carbons (Fsp3) is 0. The van der Waals surface area contributed by atoms with Crippen LogP contribution in [0.1, 0.15) is 5.56 Å². The lowest BCUT2D eigenvalue weighted by Gasteiger charge is -2.06. The molecule has 3 aromatic rings. The van der Waals surface area contributed by atoms with Gasteiger partial charge in [-0.25, -0.2) is 0 Å². The van der Waals surface area contributed by atoms with Crippen LogP contribution < -0.4 is 5.56 Å². The number of non-ortho nitro benzene ring substituents is 1. The number of H-pyrrole nitrogens is 1. The Labute approximate surface area is 134 Å². The lowest BCUT2D eigenvalue weighted by atomic mass is 10.0. The molecule has 0 aliphatic carbocycles. The first kappa shape index (κ1) is 14.7. The normalized spacial score (nSPS) is 10.2. The molecule has 2 heterocycles. The third-order valence-electron chi connectivity index (χ3n) is 3.32. The zero-order valence-corrected chi connectivity index (χ0v) is 12.5. The van der Waals surface area contributed by atoms with Crippen molar-refractivity contribution in [3.05, 3.63) is 73.9 Å². The van der Waals surface area contributed by atoms with Crippen LogP contribution in [-0.4, -0.2) is 9.91 Å². The molecule has 1 N–H and O–H groups in total. The Morgan fingerprint density at radius 3 is 2.52 bits per heavy atom. The molecule has 0 aliphatic rings. The van der Waals surface area contributed by atoms with Crippen molar-refractivity contribution < 1.29 is 4.92 Å². The van der Waals surface area contributed by atoms with E-state index in [2.05, 4.69) is 4.98 Å². The van der Waals surface area contributed by atoms with Gasteiger partial charge in [-0.3, -0.25) is 14.9 Å². The molecule has 3 rings (SSSR count). The van der Waals surface area contributed by atoms with Crippen LogP contribution in [0.2, 0.25) is 0 Å². The number of aromatic amines is 1. The molecule has 0 fully saturated rings. The maximum Gasteiger partial charge on any atom is 0.269 e. The van der Waals surface area contributed by atoms with E-state index in [1.165, 1.54) is 35.6 Å². The first-order valence-electron chi connectivity index (χ1n) is 6.56. The average Bonchev–Trinajstić information content (AvgIpc) is 3.08. The summed E-state index contributed by atoms with van der Waals surface area (Å²) in [7, 11) is 0. The van der Waals surface area contributed by atoms with Crippen molar-refractivity contribution in [1.29, 1.82) is 5.26 Å². The van der Waals surface area contributed by atoms with E-state index in [4.69, 9.17) is 0 Å². The Bertz CT molecular complexity index is 967. The van der Waals surface area contributed by atoms with E-state index in [0.717, 1.165) is 4.88 Å². The fourth-order valence-corrected chi connectivity index (χ4v) is 2.92. The van der Waals surface area contributed by atoms with Crippen molar-refractivity contribution in [1.82, 2.24) is 4.98 Å². The molecule has 112 valence electrons. The molecule has 0 unspecified atom stereocenters. The summed E-state index contributed by atoms with van der Waals surface area (Å²) in [5.74, 6) is 0. The SMILES string of the molecule is N#Cc1c(-c2ccc([N+](=O)[O-])cc2)cc(-c2cccs2)[nH]c1=O. The van der Waals surface area contributed by atoms with Crippen molar-refractivity contribution in [2.75, 3.05) is 0 Å². The lowest BCUT2D eigenvalue weighted by Crippen LogP contribution is -2.12. The molecule has 0 aliphatic heterocycles. The molecule has 7 heteroatoms. The van der Waals surface area contributed by atoms with Crippen LogP contribution in [-0.2, 0) is 0 Å². The molecule has 23 heavy (non-hydrogen) atoms. The first-order valence-corrected chi connectivity index (χ1v) is 7.44. The molecule has 0 amide bonds. The van der Waals surface area contributed by atoms with Gasteiger partial charge in [-0.1, -0.05) is 6.07 Å². The number of nitro benzene ring substituents is 1. The predicted molar refractivity (Wildman–Crippen MR) is 87.2 cm³/mol. The van der Waals surface area contributed by atoms with E-state index < -0.39 is 10.5 Å². The number of rotatable bonds is 3. The molecule has 0 atom stereocenters. The maximum absolute atomic E-state index is 12.2. The molecule has 6 nitrogen and oxygen atoms in total. The summed E-state index contributed by atoms with van der Waals surface area (Å²) in [6.07, 6.45) is 0. The van der Waals surface area contributed by atoms with E-state index in [-0.39, 0.29) is 11.3 Å². The molecule has 0 spiro atoms. The summed E-state index contributed by atoms with van der Waals surface area (Å²) in [5, 5.41) is 21.9. The summed E-state index contributed by atoms with van der Waals surface area (Å²) in [6, 6.07) is 13.1. The Hall–Kier alpha value is -3.24. The van der Waals surface area contributed by atoms with Gasteiger partial charge in [0.1, 0.15) is 11.6 Å². The van der Waals surface area contributed by atoms with E-state index >= 15 is 0 Å². The first-order chi connectivity index (χ1) is 11.1. The van der Waals surface area contributed by atoms with Gasteiger partial charge in [0.25, 0.3) is 11.2 Å². The van der Waals surface area contributed by atoms with Gasteiger partial charge in [-0.05, 0) is 35.2 Å². The summed E-state index contributed by atoms with van der Waals surface area (Å²) in [6.45, 7) is 0. The second-order valence-electron chi connectivity index (χ2n) is 4.69. The topological polar surface area (TPSA) is 99.8 Å². The van der Waals surface area contributed by atoms with Gasteiger partial charge in [0.2, 0.25) is 0 Å². The summed E-state index contributed by atoms with van der Waals surface area (Å²) in [4.78, 5) is 26.0. The number of thiophene rings is 1. The maximum atomic E-state index is 12.2. The quantitative estimate of drug-likeness (QED) is 0.588. The van der Waals surface area contributed by atoms with Crippen molar-refractivity contribution in [2.24, 2.45) is 0 Å². The molecule has 0 radical (unpaired) electrons. The lowest BCUT2D eigenvalue weighted by molar-refractivity contribution is -0.384. The number of nitrogens with one attached hydrogen (secondary N) is 1. The highest BCUT2D eigenvalue weighted by Gasteiger charge is 2.14. The van der Waals surface area contributed by atoms with E-state index in [0.29, 0.717) is 16.8 Å². The van der Waals surface area contributed by atoms with Gasteiger partial charge >= 0.3 is 0 Å². The van der Waals surface area contributed by atoms with Crippen LogP contribution in [0.15, 0.2) is 52.6 Å². The van der Waals surface area contributed by atoms with Gasteiger partial charge in [-0.15, -0.1) is 11.3 Å². The van der Waals surface area contributed by atoms with Gasteiger partial charge < -0.3 is 4.98 Å². The van der Waals surface area contributed by atoms with E-state index in [1.54, 1.807) is 6.07 Å². The van der Waals surface area contributed by atoms with Crippen molar-refractivity contribution in [2.45, 2.75) is 0 Å². The minimum absolute atomic E-state index is 0.0147. The van der Waals surface area contributed by atoms with Crippen molar-refractivity contribution in [3.63, 3.8) is 0 Å². The van der Waals surface area contributed by atoms with Crippen LogP contribution in [0.25, 0.3) is 21.7 Å². The zero-order chi connectivity index (χ0) is 16.4. The minimum atomic E-state index is -0.496. The van der Waals surface area contributed by atoms with Crippen LogP contribution in [0.5, 0.6) is 0 Å². The molecular formula is C16H9N3O3S. The summed E-state index contributed by atoms with van der Waals surface area (Å²) < 4.78 is 0. The number of hydrogen-bond donors (Lipinski definition) is 1. The van der Waals surface area contributed by atoms with Gasteiger partial charge in [0, 0.05) is 17.7 Å². The smallest absolute Gasteiger partial charge is 0.269 e. The molecular weight excluding hydrogens is 314 g/mol. The number of hydrogen-bond acceptors (Lipinski definition) is 5. The number of pyridine rings is 1. The Kier molecular flexibility index (Phi) is 3.75. The van der Waals surface area contributed by atoms with Crippen LogP contribution in [0.3, 0.4) is 0 Å². The van der Waals surface area contributed by atoms with Crippen LogP contribution >= 0.6 is 11.3 Å². The standard InChI is InChI=1S/C16H9N3O3S/c17-9-13-12(10-3-5-11(6-4-10)19(21)22)8-14(18-16(13)20)15-2-1-7-23-15/h1-8H,(H,18,20). The molecule has 0 saturated heterocycles. The number of nitrogens with zero attached hydrogens (tertiary/aromatic N) is 2. The zero-order valence-electron chi connectivity index (χ0n) is 11.6. The minimum Gasteiger partial charge on any atom is -0.320 e. The molecule has 0 saturated carbocycles. The number of aromatic nitrogens is 1. The second kappa shape index (κ2) is 5.87. The Morgan fingerprint density at radius 2 is 1.96 bits per heavy atom. The molecule has 0 bridgehead atoms. The second-order valence-corrected chi connectivity index (χ2v) is 5.64. The third-order valence-corrected chi connectivity index (χ3v) is 4.22. The van der Waals surface area contributed by atoms with E-state index in [1.807, 2.05) is 23.6 Å². The Balaban J connectivity index is 2.19. The number of nitriles is 1. The van der Waals surface area contributed by atoms with Gasteiger partial charge in [0.05, 0.1) is 15.5 Å². The highest BCUT2D eigenvalue weighted by molar-refractivity contribution is 7.13. The average molecular weight is 323 g/mol. The number of benzene rings is 1. The summed E-state index contributed by atoms with van der Waals surface area (Å²) >= 11 is 1.47.